The number of piperidine rings is 1. The van der Waals surface area contributed by atoms with E-state index < -0.39 is 0 Å². The van der Waals surface area contributed by atoms with Crippen molar-refractivity contribution in [3.63, 3.8) is 0 Å². The van der Waals surface area contributed by atoms with Gasteiger partial charge in [-0.15, -0.1) is 0 Å². The molecule has 2 aliphatic rings. The van der Waals surface area contributed by atoms with E-state index in [4.69, 9.17) is 0 Å². The Balaban J connectivity index is 2.05. The third kappa shape index (κ3) is 1.53. The molecule has 0 aliphatic carbocycles. The van der Waals surface area contributed by atoms with E-state index in [-0.39, 0.29) is 17.9 Å². The van der Waals surface area contributed by atoms with Crippen molar-refractivity contribution >= 4 is 11.8 Å². The number of carbonyl (C=O) groups is 2. The molecule has 1 atom stereocenters. The number of hydrogen-bond donors (Lipinski definition) is 0. The average Bonchev–Trinajstić information content (AvgIpc) is 2.52. The molecule has 2 saturated heterocycles. The highest BCUT2D eigenvalue weighted by molar-refractivity contribution is 5.89. The standard InChI is InChI=1S/C9H13N2O2/c12-8-3-1-2-6-11(8)7-4-5-10-9(7)13/h7H,1-6H2. The van der Waals surface area contributed by atoms with Crippen molar-refractivity contribution in [2.75, 3.05) is 13.1 Å². The van der Waals surface area contributed by atoms with Gasteiger partial charge in [0.25, 0.3) is 5.91 Å². The van der Waals surface area contributed by atoms with Crippen LogP contribution in [-0.4, -0.2) is 35.8 Å². The second-order valence-electron chi connectivity index (χ2n) is 3.57. The van der Waals surface area contributed by atoms with Gasteiger partial charge in [0.2, 0.25) is 5.91 Å². The van der Waals surface area contributed by atoms with Crippen LogP contribution in [0.2, 0.25) is 0 Å². The predicted octanol–water partition coefficient (Wildman–Crippen LogP) is -0.0978. The van der Waals surface area contributed by atoms with Crippen molar-refractivity contribution in [3.8, 4) is 0 Å². The molecule has 0 aromatic heterocycles. The molecule has 4 heteroatoms. The lowest BCUT2D eigenvalue weighted by atomic mass is 10.1. The summed E-state index contributed by atoms with van der Waals surface area (Å²) in [5.74, 6) is 0.0250. The minimum absolute atomic E-state index is 0.102. The van der Waals surface area contributed by atoms with E-state index in [0.717, 1.165) is 25.8 Å². The van der Waals surface area contributed by atoms with Crippen LogP contribution in [0.25, 0.3) is 0 Å². The lowest BCUT2D eigenvalue weighted by Crippen LogP contribution is -2.46. The molecule has 13 heavy (non-hydrogen) atoms. The average molecular weight is 181 g/mol. The van der Waals surface area contributed by atoms with Gasteiger partial charge in [-0.3, -0.25) is 9.59 Å². The molecule has 0 bridgehead atoms. The maximum atomic E-state index is 11.5. The summed E-state index contributed by atoms with van der Waals surface area (Å²) in [7, 11) is 0. The van der Waals surface area contributed by atoms with Crippen LogP contribution in [0.1, 0.15) is 25.7 Å². The monoisotopic (exact) mass is 181 g/mol. The quantitative estimate of drug-likeness (QED) is 0.567. The predicted molar refractivity (Wildman–Crippen MR) is 46.0 cm³/mol. The van der Waals surface area contributed by atoms with Crippen molar-refractivity contribution < 1.29 is 9.59 Å². The zero-order chi connectivity index (χ0) is 9.26. The summed E-state index contributed by atoms with van der Waals surface area (Å²) in [6.07, 6.45) is 3.32. The Bertz CT molecular complexity index is 240. The minimum atomic E-state index is -0.229. The summed E-state index contributed by atoms with van der Waals surface area (Å²) in [6, 6.07) is -0.229. The van der Waals surface area contributed by atoms with Gasteiger partial charge in [0, 0.05) is 19.5 Å². The van der Waals surface area contributed by atoms with E-state index in [2.05, 4.69) is 5.32 Å². The van der Waals surface area contributed by atoms with Gasteiger partial charge in [-0.05, 0) is 19.3 Å². The maximum Gasteiger partial charge on any atom is 0.264 e. The summed E-state index contributed by atoms with van der Waals surface area (Å²) in [5.41, 5.74) is 0. The summed E-state index contributed by atoms with van der Waals surface area (Å²) < 4.78 is 0. The Labute approximate surface area is 77.3 Å². The van der Waals surface area contributed by atoms with Gasteiger partial charge >= 0.3 is 0 Å². The molecule has 4 nitrogen and oxygen atoms in total. The maximum absolute atomic E-state index is 11.5. The number of hydrogen-bond acceptors (Lipinski definition) is 2. The zero-order valence-electron chi connectivity index (χ0n) is 7.53. The van der Waals surface area contributed by atoms with E-state index in [0.29, 0.717) is 13.0 Å². The first-order valence-corrected chi connectivity index (χ1v) is 4.80. The lowest BCUT2D eigenvalue weighted by Gasteiger charge is -2.30. The van der Waals surface area contributed by atoms with Crippen LogP contribution in [0, 0.1) is 0 Å². The van der Waals surface area contributed by atoms with E-state index >= 15 is 0 Å². The van der Waals surface area contributed by atoms with Crippen molar-refractivity contribution in [1.29, 1.82) is 0 Å². The van der Waals surface area contributed by atoms with Gasteiger partial charge in [-0.25, -0.2) is 5.32 Å². The molecule has 2 aliphatic heterocycles. The number of nitrogens with zero attached hydrogens (tertiary/aromatic N) is 2. The largest absolute Gasteiger partial charge is 0.331 e. The third-order valence-corrected chi connectivity index (χ3v) is 2.69. The van der Waals surface area contributed by atoms with Gasteiger partial charge < -0.3 is 4.90 Å². The first kappa shape index (κ1) is 8.53. The Hall–Kier alpha value is -1.06. The van der Waals surface area contributed by atoms with Crippen LogP contribution in [0.5, 0.6) is 0 Å². The summed E-state index contributed by atoms with van der Waals surface area (Å²) in [4.78, 5) is 24.4. The highest BCUT2D eigenvalue weighted by Crippen LogP contribution is 2.18. The van der Waals surface area contributed by atoms with Gasteiger partial charge in [-0.1, -0.05) is 0 Å². The van der Waals surface area contributed by atoms with Crippen molar-refractivity contribution in [1.82, 2.24) is 10.2 Å². The van der Waals surface area contributed by atoms with Crippen molar-refractivity contribution in [3.05, 3.63) is 0 Å². The van der Waals surface area contributed by atoms with E-state index in [1.54, 1.807) is 4.90 Å². The summed E-state index contributed by atoms with van der Waals surface area (Å²) in [6.45, 7) is 1.33. The van der Waals surface area contributed by atoms with E-state index in [1.807, 2.05) is 0 Å². The molecule has 2 amide bonds. The molecule has 0 N–H and O–H groups in total. The van der Waals surface area contributed by atoms with Gasteiger partial charge in [0.15, 0.2) is 0 Å². The molecule has 2 fully saturated rings. The SMILES string of the molecule is O=C1[N]CCC1N1CCCCC1=O. The van der Waals surface area contributed by atoms with Crippen LogP contribution in [0.15, 0.2) is 0 Å². The first-order chi connectivity index (χ1) is 6.29. The molecule has 71 valence electrons. The van der Waals surface area contributed by atoms with Crippen molar-refractivity contribution in [2.24, 2.45) is 0 Å². The Morgan fingerprint density at radius 3 is 2.77 bits per heavy atom. The fourth-order valence-electron chi connectivity index (χ4n) is 1.97. The number of rotatable bonds is 1. The topological polar surface area (TPSA) is 51.5 Å². The normalized spacial score (nSPS) is 29.2. The Kier molecular flexibility index (Phi) is 2.20. The molecule has 0 aromatic rings. The fourth-order valence-corrected chi connectivity index (χ4v) is 1.97. The van der Waals surface area contributed by atoms with Crippen LogP contribution in [0.3, 0.4) is 0 Å². The highest BCUT2D eigenvalue weighted by atomic mass is 16.2. The fraction of sp³-hybridized carbons (Fsp3) is 0.778. The second kappa shape index (κ2) is 3.36. The summed E-state index contributed by atoms with van der Waals surface area (Å²) in [5, 5.41) is 3.79. The minimum Gasteiger partial charge on any atom is -0.331 e. The van der Waals surface area contributed by atoms with Gasteiger partial charge in [-0.2, -0.15) is 0 Å². The van der Waals surface area contributed by atoms with E-state index in [9.17, 15) is 9.59 Å². The second-order valence-corrected chi connectivity index (χ2v) is 3.57. The van der Waals surface area contributed by atoms with Crippen LogP contribution < -0.4 is 5.32 Å². The molecule has 2 heterocycles. The number of amides is 2. The Morgan fingerprint density at radius 2 is 2.15 bits per heavy atom. The molecule has 0 aromatic carbocycles. The molecular weight excluding hydrogens is 168 g/mol. The van der Waals surface area contributed by atoms with Crippen LogP contribution >= 0.6 is 0 Å². The lowest BCUT2D eigenvalue weighted by molar-refractivity contribution is -0.140. The molecule has 0 saturated carbocycles. The number of carbonyl (C=O) groups excluding carboxylic acids is 2. The smallest absolute Gasteiger partial charge is 0.264 e. The third-order valence-electron chi connectivity index (χ3n) is 2.69. The molecule has 1 unspecified atom stereocenters. The molecule has 2 rings (SSSR count). The Morgan fingerprint density at radius 1 is 1.31 bits per heavy atom. The number of likely N-dealkylation sites (tertiary alicyclic amines) is 1. The zero-order valence-corrected chi connectivity index (χ0v) is 7.53. The molecule has 1 radical (unpaired) electrons. The molecular formula is C9H13N2O2. The van der Waals surface area contributed by atoms with Gasteiger partial charge in [0.05, 0.1) is 0 Å². The van der Waals surface area contributed by atoms with Crippen molar-refractivity contribution in [2.45, 2.75) is 31.7 Å². The van der Waals surface area contributed by atoms with Gasteiger partial charge in [0.1, 0.15) is 6.04 Å². The van der Waals surface area contributed by atoms with Crippen LogP contribution in [-0.2, 0) is 9.59 Å². The van der Waals surface area contributed by atoms with E-state index in [1.165, 1.54) is 0 Å². The van der Waals surface area contributed by atoms with Crippen LogP contribution in [0.4, 0.5) is 0 Å². The summed E-state index contributed by atoms with van der Waals surface area (Å²) >= 11 is 0. The highest BCUT2D eigenvalue weighted by Gasteiger charge is 2.35. The molecule has 0 spiro atoms. The first-order valence-electron chi connectivity index (χ1n) is 4.80.